The highest BCUT2D eigenvalue weighted by Gasteiger charge is 2.15. The summed E-state index contributed by atoms with van der Waals surface area (Å²) < 4.78 is 24.4. The van der Waals surface area contributed by atoms with E-state index < -0.39 is 5.97 Å². The van der Waals surface area contributed by atoms with Gasteiger partial charge in [-0.25, -0.2) is 9.97 Å². The predicted molar refractivity (Wildman–Crippen MR) is 184 cm³/mol. The van der Waals surface area contributed by atoms with Crippen molar-refractivity contribution in [1.29, 1.82) is 0 Å². The Bertz CT molecular complexity index is 799. The van der Waals surface area contributed by atoms with Crippen molar-refractivity contribution in [3.63, 3.8) is 0 Å². The van der Waals surface area contributed by atoms with Crippen molar-refractivity contribution >= 4 is 5.97 Å². The second-order valence-electron chi connectivity index (χ2n) is 13.4. The van der Waals surface area contributed by atoms with Gasteiger partial charge in [-0.05, 0) is 38.2 Å². The molecule has 0 bridgehead atoms. The highest BCUT2D eigenvalue weighted by Crippen LogP contribution is 2.14. The number of nitrogens with zero attached hydrogens (tertiary/aromatic N) is 3. The van der Waals surface area contributed by atoms with E-state index in [1.54, 1.807) is 18.5 Å². The summed E-state index contributed by atoms with van der Waals surface area (Å²) in [5, 5.41) is 10.5. The zero-order chi connectivity index (χ0) is 33.4. The van der Waals surface area contributed by atoms with Crippen LogP contribution in [0.15, 0.2) is 18.5 Å². The molecule has 1 unspecified atom stereocenters. The minimum absolute atomic E-state index is 0.145. The van der Waals surface area contributed by atoms with E-state index in [9.17, 15) is 9.90 Å². The first kappa shape index (κ1) is 42.2. The van der Waals surface area contributed by atoms with Gasteiger partial charge in [-0.2, -0.15) is 0 Å². The van der Waals surface area contributed by atoms with Gasteiger partial charge in [-0.15, -0.1) is 0 Å². The fourth-order valence-electron chi connectivity index (χ4n) is 5.42. The molecule has 0 aliphatic rings. The van der Waals surface area contributed by atoms with Gasteiger partial charge < -0.3 is 33.3 Å². The van der Waals surface area contributed by atoms with Crippen molar-refractivity contribution in [2.45, 2.75) is 141 Å². The molecule has 0 fully saturated rings. The first-order valence-corrected chi connectivity index (χ1v) is 18.6. The Hall–Kier alpha value is -1.81. The number of likely N-dealkylation sites (N-methyl/N-ethyl adjacent to an activating group) is 1. The highest BCUT2D eigenvalue weighted by molar-refractivity contribution is 5.64. The molecule has 0 aromatic carbocycles. The Kier molecular flexibility index (Phi) is 28.0. The third kappa shape index (κ3) is 28.4. The Balaban J connectivity index is 2.06. The molecule has 9 heteroatoms. The molecule has 0 aliphatic heterocycles. The van der Waals surface area contributed by atoms with Crippen molar-refractivity contribution in [3.8, 4) is 6.01 Å². The summed E-state index contributed by atoms with van der Waals surface area (Å²) in [6, 6.07) is 2.10. The smallest absolute Gasteiger partial charge is 0.316 e. The van der Waals surface area contributed by atoms with E-state index in [0.29, 0.717) is 45.5 Å². The zero-order valence-electron chi connectivity index (χ0n) is 29.9. The number of carboxylic acid groups (broad SMARTS) is 1. The van der Waals surface area contributed by atoms with E-state index in [0.717, 1.165) is 43.4 Å². The van der Waals surface area contributed by atoms with Crippen molar-refractivity contribution in [2.24, 2.45) is 0 Å². The Morgan fingerprint density at radius 2 is 1.15 bits per heavy atom. The molecule has 1 aromatic heterocycles. The van der Waals surface area contributed by atoms with E-state index in [-0.39, 0.29) is 12.5 Å². The number of ether oxygens (including phenoxy) is 4. The Morgan fingerprint density at radius 3 is 1.72 bits per heavy atom. The topological polar surface area (TPSA) is 103 Å². The number of aliphatic carboxylic acids is 1. The van der Waals surface area contributed by atoms with Crippen LogP contribution in [0.25, 0.3) is 0 Å². The summed E-state index contributed by atoms with van der Waals surface area (Å²) in [7, 11) is 4.35. The average molecular weight is 652 g/mol. The minimum Gasteiger partial charge on any atom is -0.550 e. The summed E-state index contributed by atoms with van der Waals surface area (Å²) >= 11 is 0. The number of unbranched alkanes of at least 4 members (excludes halogenated alkanes) is 17. The number of carboxylic acids is 1. The number of aromatic nitrogens is 2. The maximum Gasteiger partial charge on any atom is 0.316 e. The van der Waals surface area contributed by atoms with Gasteiger partial charge in [0.05, 0.1) is 53.7 Å². The second-order valence-corrected chi connectivity index (χ2v) is 13.4. The SMILES string of the molecule is CCCCCCCCCCCCCCCCCCOCC(COCCOCC[N+](C)(C)CCCCCC(=O)[O-])Oc1ncccn1. The van der Waals surface area contributed by atoms with Crippen molar-refractivity contribution in [3.05, 3.63) is 18.5 Å². The first-order chi connectivity index (χ1) is 22.4. The summed E-state index contributed by atoms with van der Waals surface area (Å²) in [6.07, 6.45) is 27.5. The third-order valence-electron chi connectivity index (χ3n) is 8.42. The molecule has 0 amide bonds. The van der Waals surface area contributed by atoms with Gasteiger partial charge in [0.1, 0.15) is 12.6 Å². The van der Waals surface area contributed by atoms with Crippen molar-refractivity contribution < 1.29 is 33.3 Å². The molecule has 1 rings (SSSR count). The van der Waals surface area contributed by atoms with E-state index in [1.165, 1.54) is 96.3 Å². The number of rotatable bonds is 35. The first-order valence-electron chi connectivity index (χ1n) is 18.6. The lowest BCUT2D eigenvalue weighted by atomic mass is 10.0. The molecule has 268 valence electrons. The van der Waals surface area contributed by atoms with Crippen LogP contribution in [0.1, 0.15) is 135 Å². The van der Waals surface area contributed by atoms with Crippen LogP contribution in [0.5, 0.6) is 6.01 Å². The molecule has 0 saturated carbocycles. The molecule has 1 heterocycles. The summed E-state index contributed by atoms with van der Waals surface area (Å²) in [6.45, 7) is 7.35. The normalized spacial score (nSPS) is 12.4. The van der Waals surface area contributed by atoms with Crippen LogP contribution in [-0.4, -0.2) is 93.4 Å². The fraction of sp³-hybridized carbons (Fsp3) is 0.865. The second kappa shape index (κ2) is 30.5. The number of quaternary nitrogens is 1. The molecule has 1 atom stereocenters. The number of carbonyl (C=O) groups is 1. The quantitative estimate of drug-likeness (QED) is 0.0576. The van der Waals surface area contributed by atoms with Gasteiger partial charge in [0.25, 0.3) is 0 Å². The molecule has 46 heavy (non-hydrogen) atoms. The van der Waals surface area contributed by atoms with Crippen LogP contribution in [0, 0.1) is 0 Å². The van der Waals surface area contributed by atoms with Crippen LogP contribution >= 0.6 is 0 Å². The molecule has 0 radical (unpaired) electrons. The zero-order valence-corrected chi connectivity index (χ0v) is 29.9. The largest absolute Gasteiger partial charge is 0.550 e. The van der Waals surface area contributed by atoms with E-state index in [1.807, 2.05) is 0 Å². The summed E-state index contributed by atoms with van der Waals surface area (Å²) in [5.74, 6) is -0.964. The number of hydrogen-bond donors (Lipinski definition) is 0. The lowest BCUT2D eigenvalue weighted by Gasteiger charge is -2.29. The van der Waals surface area contributed by atoms with Gasteiger partial charge in [0.2, 0.25) is 0 Å². The van der Waals surface area contributed by atoms with Crippen LogP contribution in [-0.2, 0) is 19.0 Å². The summed E-state index contributed by atoms with van der Waals surface area (Å²) in [4.78, 5) is 18.9. The van der Waals surface area contributed by atoms with Gasteiger partial charge >= 0.3 is 6.01 Å². The highest BCUT2D eigenvalue weighted by atomic mass is 16.6. The molecule has 0 spiro atoms. The van der Waals surface area contributed by atoms with E-state index >= 15 is 0 Å². The van der Waals surface area contributed by atoms with Crippen LogP contribution in [0.2, 0.25) is 0 Å². The van der Waals surface area contributed by atoms with Crippen molar-refractivity contribution in [2.75, 3.05) is 66.8 Å². The molecule has 9 nitrogen and oxygen atoms in total. The van der Waals surface area contributed by atoms with E-state index in [4.69, 9.17) is 18.9 Å². The van der Waals surface area contributed by atoms with Gasteiger partial charge in [-0.1, -0.05) is 103 Å². The minimum atomic E-state index is -0.964. The van der Waals surface area contributed by atoms with Crippen LogP contribution in [0.3, 0.4) is 0 Å². The lowest BCUT2D eigenvalue weighted by molar-refractivity contribution is -0.891. The monoisotopic (exact) mass is 652 g/mol. The molecular formula is C37H69N3O6. The van der Waals surface area contributed by atoms with Crippen LogP contribution < -0.4 is 9.84 Å². The molecule has 0 saturated heterocycles. The molecule has 1 aromatic rings. The maximum absolute atomic E-state index is 10.5. The Morgan fingerprint density at radius 1 is 0.652 bits per heavy atom. The van der Waals surface area contributed by atoms with Gasteiger partial charge in [0.15, 0.2) is 0 Å². The lowest BCUT2D eigenvalue weighted by Crippen LogP contribution is -2.43. The third-order valence-corrected chi connectivity index (χ3v) is 8.42. The number of hydrogen-bond acceptors (Lipinski definition) is 8. The molecule has 0 N–H and O–H groups in total. The predicted octanol–water partition coefficient (Wildman–Crippen LogP) is 6.92. The van der Waals surface area contributed by atoms with Crippen molar-refractivity contribution in [1.82, 2.24) is 9.97 Å². The van der Waals surface area contributed by atoms with E-state index in [2.05, 4.69) is 31.0 Å². The van der Waals surface area contributed by atoms with Crippen LogP contribution in [0.4, 0.5) is 0 Å². The fourth-order valence-corrected chi connectivity index (χ4v) is 5.42. The summed E-state index contributed by atoms with van der Waals surface area (Å²) in [5.41, 5.74) is 0. The molecular weight excluding hydrogens is 582 g/mol. The molecule has 0 aliphatic carbocycles. The number of carbonyl (C=O) groups excluding carboxylic acids is 1. The maximum atomic E-state index is 10.5. The van der Waals surface area contributed by atoms with Gasteiger partial charge in [0, 0.05) is 25.0 Å². The average Bonchev–Trinajstić information content (AvgIpc) is 3.03. The standard InChI is InChI=1S/C37H69N3O6/c1-4-5-6-7-8-9-10-11-12-13-14-15-16-17-18-22-29-44-33-35(46-37-38-25-23-26-39-37)34-45-32-31-43-30-28-40(2,3)27-21-19-20-24-36(41)42/h23,25-26,35H,4-22,24,27-34H2,1-3H3. The van der Waals surface area contributed by atoms with Gasteiger partial charge in [-0.3, -0.25) is 0 Å². The Labute approximate surface area is 281 Å².